The van der Waals surface area contributed by atoms with Gasteiger partial charge in [-0.15, -0.1) is 0 Å². The fourth-order valence-corrected chi connectivity index (χ4v) is 3.28. The molecular weight excluding hydrogens is 268 g/mol. The van der Waals surface area contributed by atoms with Crippen LogP contribution in [-0.4, -0.2) is 28.5 Å². The second kappa shape index (κ2) is 6.47. The summed E-state index contributed by atoms with van der Waals surface area (Å²) in [6, 6.07) is 0.248. The maximum absolute atomic E-state index is 12.0. The van der Waals surface area contributed by atoms with Crippen LogP contribution in [0.3, 0.4) is 0 Å². The molecule has 2 aliphatic rings. The monoisotopic (exact) mass is 292 g/mol. The number of carbonyl (C=O) groups excluding carboxylic acids is 1. The minimum absolute atomic E-state index is 0.0852. The molecule has 2 N–H and O–H groups in total. The van der Waals surface area contributed by atoms with E-state index < -0.39 is 0 Å². The molecule has 0 bridgehead atoms. The number of hydrogen-bond donors (Lipinski definition) is 2. The van der Waals surface area contributed by atoms with Crippen molar-refractivity contribution in [3.8, 4) is 0 Å². The van der Waals surface area contributed by atoms with Crippen LogP contribution >= 0.6 is 0 Å². The fourth-order valence-electron chi connectivity index (χ4n) is 3.28. The van der Waals surface area contributed by atoms with Crippen LogP contribution in [0.2, 0.25) is 0 Å². The molecule has 1 saturated carbocycles. The van der Waals surface area contributed by atoms with Gasteiger partial charge in [0, 0.05) is 30.8 Å². The van der Waals surface area contributed by atoms with E-state index in [0.29, 0.717) is 19.2 Å². The van der Waals surface area contributed by atoms with E-state index in [4.69, 9.17) is 4.74 Å². The zero-order valence-corrected chi connectivity index (χ0v) is 12.7. The Bertz CT molecular complexity index is 506. The summed E-state index contributed by atoms with van der Waals surface area (Å²) in [5.74, 6) is 0. The normalized spacial score (nSPS) is 19.1. The van der Waals surface area contributed by atoms with E-state index in [1.54, 1.807) is 0 Å². The maximum Gasteiger partial charge on any atom is 0.315 e. The summed E-state index contributed by atoms with van der Waals surface area (Å²) in [5.41, 5.74) is 3.29. The van der Waals surface area contributed by atoms with E-state index in [-0.39, 0.29) is 6.03 Å². The highest BCUT2D eigenvalue weighted by atomic mass is 16.5. The van der Waals surface area contributed by atoms with E-state index in [1.807, 2.05) is 11.7 Å². The lowest BCUT2D eigenvalue weighted by atomic mass is 9.96. The molecule has 0 radical (unpaired) electrons. The smallest absolute Gasteiger partial charge is 0.315 e. The van der Waals surface area contributed by atoms with Gasteiger partial charge < -0.3 is 15.4 Å². The molecule has 0 saturated heterocycles. The van der Waals surface area contributed by atoms with Crippen molar-refractivity contribution in [3.63, 3.8) is 0 Å². The van der Waals surface area contributed by atoms with Crippen molar-refractivity contribution in [2.24, 2.45) is 7.05 Å². The molecule has 0 spiro atoms. The number of carbonyl (C=O) groups is 1. The minimum atomic E-state index is -0.0852. The Hall–Kier alpha value is -1.56. The van der Waals surface area contributed by atoms with Gasteiger partial charge in [-0.05, 0) is 12.8 Å². The van der Waals surface area contributed by atoms with Gasteiger partial charge in [0.1, 0.15) is 0 Å². The molecule has 0 aromatic carbocycles. The number of aromatic nitrogens is 2. The summed E-state index contributed by atoms with van der Waals surface area (Å²) >= 11 is 0. The number of urea groups is 1. The molecule has 2 amide bonds. The average molecular weight is 292 g/mol. The van der Waals surface area contributed by atoms with Gasteiger partial charge in [0.15, 0.2) is 0 Å². The van der Waals surface area contributed by atoms with Crippen LogP contribution < -0.4 is 10.6 Å². The second-order valence-electron chi connectivity index (χ2n) is 5.96. The van der Waals surface area contributed by atoms with Crippen molar-refractivity contribution in [3.05, 3.63) is 17.0 Å². The molecular formula is C15H24N4O2. The Morgan fingerprint density at radius 2 is 2.19 bits per heavy atom. The van der Waals surface area contributed by atoms with Crippen molar-refractivity contribution in [2.75, 3.05) is 6.61 Å². The lowest BCUT2D eigenvalue weighted by Gasteiger charge is -2.22. The first-order valence-corrected chi connectivity index (χ1v) is 7.90. The summed E-state index contributed by atoms with van der Waals surface area (Å²) in [6.07, 6.45) is 6.82. The molecule has 1 aliphatic carbocycles. The Labute approximate surface area is 125 Å². The second-order valence-corrected chi connectivity index (χ2v) is 5.96. The summed E-state index contributed by atoms with van der Waals surface area (Å²) in [6.45, 7) is 1.82. The van der Waals surface area contributed by atoms with Gasteiger partial charge in [0.2, 0.25) is 0 Å². The Kier molecular flexibility index (Phi) is 4.43. The predicted octanol–water partition coefficient (Wildman–Crippen LogP) is 1.62. The summed E-state index contributed by atoms with van der Waals surface area (Å²) in [5, 5.41) is 10.5. The topological polar surface area (TPSA) is 68.2 Å². The molecule has 1 aromatic heterocycles. The molecule has 1 aromatic rings. The number of rotatable bonds is 3. The van der Waals surface area contributed by atoms with Crippen LogP contribution in [0.4, 0.5) is 4.79 Å². The van der Waals surface area contributed by atoms with Gasteiger partial charge in [-0.2, -0.15) is 5.10 Å². The number of aryl methyl sites for hydroxylation is 1. The van der Waals surface area contributed by atoms with Crippen molar-refractivity contribution in [1.82, 2.24) is 20.4 Å². The molecule has 116 valence electrons. The van der Waals surface area contributed by atoms with Crippen LogP contribution in [-0.2, 0) is 31.4 Å². The molecule has 21 heavy (non-hydrogen) atoms. The van der Waals surface area contributed by atoms with Gasteiger partial charge in [-0.1, -0.05) is 19.3 Å². The lowest BCUT2D eigenvalue weighted by Crippen LogP contribution is -2.42. The SMILES string of the molecule is Cn1nc(CNC(=O)NC2CCCCC2)c2c1CCOC2. The van der Waals surface area contributed by atoms with Crippen LogP contribution in [0.15, 0.2) is 0 Å². The van der Waals surface area contributed by atoms with Crippen molar-refractivity contribution in [1.29, 1.82) is 0 Å². The number of nitrogens with zero attached hydrogens (tertiary/aromatic N) is 2. The van der Waals surface area contributed by atoms with E-state index >= 15 is 0 Å². The van der Waals surface area contributed by atoms with Crippen molar-refractivity contribution < 1.29 is 9.53 Å². The third-order valence-electron chi connectivity index (χ3n) is 4.44. The zero-order valence-electron chi connectivity index (χ0n) is 12.7. The summed E-state index contributed by atoms with van der Waals surface area (Å²) in [4.78, 5) is 12.0. The zero-order chi connectivity index (χ0) is 14.7. The van der Waals surface area contributed by atoms with Crippen LogP contribution in [0.25, 0.3) is 0 Å². The average Bonchev–Trinajstić information content (AvgIpc) is 2.83. The number of hydrogen-bond acceptors (Lipinski definition) is 3. The van der Waals surface area contributed by atoms with Gasteiger partial charge in [0.05, 0.1) is 25.5 Å². The third-order valence-corrected chi connectivity index (χ3v) is 4.44. The maximum atomic E-state index is 12.0. The third kappa shape index (κ3) is 3.37. The first-order valence-electron chi connectivity index (χ1n) is 7.90. The van der Waals surface area contributed by atoms with Crippen LogP contribution in [0.1, 0.15) is 49.1 Å². The highest BCUT2D eigenvalue weighted by Crippen LogP contribution is 2.20. The predicted molar refractivity (Wildman–Crippen MR) is 78.8 cm³/mol. The molecule has 1 aliphatic heterocycles. The van der Waals surface area contributed by atoms with E-state index in [1.165, 1.54) is 25.0 Å². The number of amides is 2. The molecule has 0 atom stereocenters. The molecule has 1 fully saturated rings. The summed E-state index contributed by atoms with van der Waals surface area (Å²) < 4.78 is 7.41. The largest absolute Gasteiger partial charge is 0.376 e. The highest BCUT2D eigenvalue weighted by Gasteiger charge is 2.20. The van der Waals surface area contributed by atoms with Crippen LogP contribution in [0, 0.1) is 0 Å². The first-order chi connectivity index (χ1) is 10.2. The summed E-state index contributed by atoms with van der Waals surface area (Å²) in [7, 11) is 1.95. The number of fused-ring (bicyclic) bond motifs is 1. The van der Waals surface area contributed by atoms with E-state index in [2.05, 4.69) is 15.7 Å². The van der Waals surface area contributed by atoms with Gasteiger partial charge >= 0.3 is 6.03 Å². The highest BCUT2D eigenvalue weighted by molar-refractivity contribution is 5.74. The molecule has 6 heteroatoms. The van der Waals surface area contributed by atoms with E-state index in [9.17, 15) is 4.79 Å². The minimum Gasteiger partial charge on any atom is -0.376 e. The van der Waals surface area contributed by atoms with Gasteiger partial charge in [-0.3, -0.25) is 4.68 Å². The Morgan fingerprint density at radius 3 is 3.00 bits per heavy atom. The van der Waals surface area contributed by atoms with Crippen LogP contribution in [0.5, 0.6) is 0 Å². The Balaban J connectivity index is 1.54. The molecule has 6 nitrogen and oxygen atoms in total. The quantitative estimate of drug-likeness (QED) is 0.889. The number of ether oxygens (including phenoxy) is 1. The van der Waals surface area contributed by atoms with Gasteiger partial charge in [0.25, 0.3) is 0 Å². The number of nitrogens with one attached hydrogen (secondary N) is 2. The fraction of sp³-hybridized carbons (Fsp3) is 0.733. The molecule has 0 unspecified atom stereocenters. The van der Waals surface area contributed by atoms with Crippen molar-refractivity contribution in [2.45, 2.75) is 57.7 Å². The molecule has 2 heterocycles. The first kappa shape index (κ1) is 14.4. The Morgan fingerprint density at radius 1 is 1.38 bits per heavy atom. The standard InChI is InChI=1S/C15H24N4O2/c1-19-14-7-8-21-10-12(14)13(18-19)9-16-15(20)17-11-5-3-2-4-6-11/h11H,2-10H2,1H3,(H2,16,17,20). The van der Waals surface area contributed by atoms with Crippen molar-refractivity contribution >= 4 is 6.03 Å². The van der Waals surface area contributed by atoms with Gasteiger partial charge in [-0.25, -0.2) is 4.79 Å². The lowest BCUT2D eigenvalue weighted by molar-refractivity contribution is 0.108. The molecule has 3 rings (SSSR count). The van der Waals surface area contributed by atoms with E-state index in [0.717, 1.165) is 37.1 Å².